The molecule has 0 aliphatic heterocycles. The number of hydrogen-bond acceptors (Lipinski definition) is 3. The van der Waals surface area contributed by atoms with Crippen molar-refractivity contribution in [3.05, 3.63) is 12.7 Å². The fraction of sp³-hybridized carbons (Fsp3) is 0.733. The molecule has 114 valence electrons. The van der Waals surface area contributed by atoms with Crippen molar-refractivity contribution >= 4 is 11.9 Å². The quantitative estimate of drug-likeness (QED) is 0.427. The number of ether oxygens (including phenoxy) is 1. The number of carboxylic acid groups (broad SMARTS) is 1. The molecule has 0 aromatic heterocycles. The van der Waals surface area contributed by atoms with E-state index in [2.05, 4.69) is 11.9 Å². The van der Waals surface area contributed by atoms with Gasteiger partial charge in [-0.15, -0.1) is 6.58 Å². The molecule has 0 bridgehead atoms. The lowest BCUT2D eigenvalue weighted by Gasteiger charge is -2.30. The largest absolute Gasteiger partial charge is 0.480 e. The van der Waals surface area contributed by atoms with Crippen molar-refractivity contribution in [3.63, 3.8) is 0 Å². The minimum absolute atomic E-state index is 0.349. The third-order valence-electron chi connectivity index (χ3n) is 3.79. The van der Waals surface area contributed by atoms with Gasteiger partial charge in [0, 0.05) is 0 Å². The van der Waals surface area contributed by atoms with E-state index in [1.54, 1.807) is 13.0 Å². The highest BCUT2D eigenvalue weighted by molar-refractivity contribution is 5.89. The zero-order valence-corrected chi connectivity index (χ0v) is 12.2. The van der Waals surface area contributed by atoms with Gasteiger partial charge in [0.1, 0.15) is 11.6 Å². The SMILES string of the molecule is C=CCCOC(C)C(=O)NC1(C(=O)O)CCCCCC1. The topological polar surface area (TPSA) is 75.6 Å². The molecule has 0 saturated heterocycles. The summed E-state index contributed by atoms with van der Waals surface area (Å²) in [6, 6.07) is 0. The lowest BCUT2D eigenvalue weighted by atomic mass is 9.90. The van der Waals surface area contributed by atoms with Crippen LogP contribution < -0.4 is 5.32 Å². The molecule has 1 rings (SSSR count). The number of carboxylic acids is 1. The van der Waals surface area contributed by atoms with Crippen molar-refractivity contribution < 1.29 is 19.4 Å². The summed E-state index contributed by atoms with van der Waals surface area (Å²) >= 11 is 0. The average molecular weight is 283 g/mol. The van der Waals surface area contributed by atoms with Gasteiger partial charge in [-0.2, -0.15) is 0 Å². The molecule has 1 saturated carbocycles. The third kappa shape index (κ3) is 4.63. The number of aliphatic carboxylic acids is 1. The Balaban J connectivity index is 2.62. The summed E-state index contributed by atoms with van der Waals surface area (Å²) in [6.45, 7) is 5.64. The Morgan fingerprint density at radius 2 is 1.95 bits per heavy atom. The van der Waals surface area contributed by atoms with Crippen LogP contribution in [0.5, 0.6) is 0 Å². The molecule has 5 heteroatoms. The van der Waals surface area contributed by atoms with Crippen LogP contribution in [0, 0.1) is 0 Å². The van der Waals surface area contributed by atoms with Crippen LogP contribution >= 0.6 is 0 Å². The van der Waals surface area contributed by atoms with Gasteiger partial charge in [0.2, 0.25) is 5.91 Å². The maximum atomic E-state index is 12.1. The van der Waals surface area contributed by atoms with E-state index in [-0.39, 0.29) is 5.91 Å². The van der Waals surface area contributed by atoms with Gasteiger partial charge in [0.05, 0.1) is 6.61 Å². The van der Waals surface area contributed by atoms with Crippen LogP contribution in [0.25, 0.3) is 0 Å². The zero-order chi connectivity index (χ0) is 15.0. The molecule has 0 aromatic rings. The minimum atomic E-state index is -1.12. The van der Waals surface area contributed by atoms with Crippen LogP contribution in [0.15, 0.2) is 12.7 Å². The second kappa shape index (κ2) is 8.04. The first-order chi connectivity index (χ1) is 9.52. The smallest absolute Gasteiger partial charge is 0.329 e. The molecule has 0 aromatic carbocycles. The number of rotatable bonds is 7. The van der Waals surface area contributed by atoms with Crippen LogP contribution in [0.4, 0.5) is 0 Å². The highest BCUT2D eigenvalue weighted by Crippen LogP contribution is 2.27. The van der Waals surface area contributed by atoms with Gasteiger partial charge in [-0.05, 0) is 26.2 Å². The molecule has 1 amide bonds. The molecule has 0 spiro atoms. The van der Waals surface area contributed by atoms with Crippen LogP contribution in [-0.2, 0) is 14.3 Å². The maximum Gasteiger partial charge on any atom is 0.329 e. The van der Waals surface area contributed by atoms with E-state index in [1.165, 1.54) is 0 Å². The van der Waals surface area contributed by atoms with E-state index >= 15 is 0 Å². The van der Waals surface area contributed by atoms with Crippen molar-refractivity contribution in [2.75, 3.05) is 6.61 Å². The fourth-order valence-corrected chi connectivity index (χ4v) is 2.47. The predicted octanol–water partition coefficient (Wildman–Crippen LogP) is 2.26. The third-order valence-corrected chi connectivity index (χ3v) is 3.79. The van der Waals surface area contributed by atoms with Crippen LogP contribution in [0.1, 0.15) is 51.9 Å². The molecule has 20 heavy (non-hydrogen) atoms. The van der Waals surface area contributed by atoms with Crippen molar-refractivity contribution in [3.8, 4) is 0 Å². The molecular formula is C15H25NO4. The molecule has 1 atom stereocenters. The van der Waals surface area contributed by atoms with E-state index in [0.717, 1.165) is 25.7 Å². The molecule has 0 heterocycles. The molecule has 5 nitrogen and oxygen atoms in total. The molecule has 1 aliphatic carbocycles. The molecule has 0 radical (unpaired) electrons. The number of carbonyl (C=O) groups excluding carboxylic acids is 1. The van der Waals surface area contributed by atoms with E-state index in [1.807, 2.05) is 0 Å². The normalized spacial score (nSPS) is 19.6. The monoisotopic (exact) mass is 283 g/mol. The average Bonchev–Trinajstić information content (AvgIpc) is 2.65. The lowest BCUT2D eigenvalue weighted by molar-refractivity contribution is -0.150. The lowest BCUT2D eigenvalue weighted by Crippen LogP contribution is -2.56. The summed E-state index contributed by atoms with van der Waals surface area (Å²) in [5, 5.41) is 12.2. The van der Waals surface area contributed by atoms with E-state index < -0.39 is 17.6 Å². The van der Waals surface area contributed by atoms with Crippen LogP contribution in [-0.4, -0.2) is 35.2 Å². The predicted molar refractivity (Wildman–Crippen MR) is 76.4 cm³/mol. The Hall–Kier alpha value is -1.36. The van der Waals surface area contributed by atoms with E-state index in [0.29, 0.717) is 25.9 Å². The second-order valence-corrected chi connectivity index (χ2v) is 5.38. The summed E-state index contributed by atoms with van der Waals surface area (Å²) < 4.78 is 5.37. The van der Waals surface area contributed by atoms with Gasteiger partial charge in [0.15, 0.2) is 0 Å². The minimum Gasteiger partial charge on any atom is -0.480 e. The Morgan fingerprint density at radius 3 is 2.45 bits per heavy atom. The van der Waals surface area contributed by atoms with Crippen molar-refractivity contribution in [1.82, 2.24) is 5.32 Å². The highest BCUT2D eigenvalue weighted by Gasteiger charge is 2.40. The first-order valence-electron chi connectivity index (χ1n) is 7.30. The van der Waals surface area contributed by atoms with Gasteiger partial charge in [-0.25, -0.2) is 4.79 Å². The number of amides is 1. The summed E-state index contributed by atoms with van der Waals surface area (Å²) in [5.41, 5.74) is -1.12. The zero-order valence-electron chi connectivity index (χ0n) is 12.2. The maximum absolute atomic E-state index is 12.1. The van der Waals surface area contributed by atoms with Gasteiger partial charge in [0.25, 0.3) is 0 Å². The molecule has 1 aliphatic rings. The number of nitrogens with one attached hydrogen (secondary N) is 1. The van der Waals surface area contributed by atoms with Crippen molar-refractivity contribution in [1.29, 1.82) is 0 Å². The Morgan fingerprint density at radius 1 is 1.35 bits per heavy atom. The highest BCUT2D eigenvalue weighted by atomic mass is 16.5. The van der Waals surface area contributed by atoms with E-state index in [4.69, 9.17) is 4.74 Å². The van der Waals surface area contributed by atoms with Gasteiger partial charge >= 0.3 is 5.97 Å². The van der Waals surface area contributed by atoms with Gasteiger partial charge < -0.3 is 15.2 Å². The summed E-state index contributed by atoms with van der Waals surface area (Å²) in [4.78, 5) is 23.7. The first-order valence-corrected chi connectivity index (χ1v) is 7.30. The van der Waals surface area contributed by atoms with E-state index in [9.17, 15) is 14.7 Å². The standard InChI is InChI=1S/C15H25NO4/c1-3-4-11-20-12(2)13(17)16-15(14(18)19)9-7-5-6-8-10-15/h3,12H,1,4-11H2,2H3,(H,16,17)(H,18,19). The Bertz CT molecular complexity index is 346. The summed E-state index contributed by atoms with van der Waals surface area (Å²) in [5.74, 6) is -1.29. The summed E-state index contributed by atoms with van der Waals surface area (Å²) in [7, 11) is 0. The second-order valence-electron chi connectivity index (χ2n) is 5.38. The number of hydrogen-bond donors (Lipinski definition) is 2. The Kier molecular flexibility index (Phi) is 6.71. The fourth-order valence-electron chi connectivity index (χ4n) is 2.47. The molecule has 1 fully saturated rings. The van der Waals surface area contributed by atoms with Crippen molar-refractivity contribution in [2.45, 2.75) is 63.5 Å². The Labute approximate surface area is 120 Å². The van der Waals surface area contributed by atoms with Gasteiger partial charge in [-0.3, -0.25) is 4.79 Å². The van der Waals surface area contributed by atoms with Crippen LogP contribution in [0.3, 0.4) is 0 Å². The number of carbonyl (C=O) groups is 2. The molecular weight excluding hydrogens is 258 g/mol. The molecule has 1 unspecified atom stereocenters. The molecule has 2 N–H and O–H groups in total. The van der Waals surface area contributed by atoms with Crippen molar-refractivity contribution in [2.24, 2.45) is 0 Å². The summed E-state index contributed by atoms with van der Waals surface area (Å²) in [6.07, 6.45) is 6.44. The van der Waals surface area contributed by atoms with Gasteiger partial charge in [-0.1, -0.05) is 31.8 Å². The first kappa shape index (κ1) is 16.7. The van der Waals surface area contributed by atoms with Crippen LogP contribution in [0.2, 0.25) is 0 Å².